The van der Waals surface area contributed by atoms with Crippen LogP contribution in [-0.4, -0.2) is 33.2 Å². The number of methoxy groups -OCH3 is 1. The Hall–Kier alpha value is -2.33. The first kappa shape index (κ1) is 20.0. The topological polar surface area (TPSA) is 55.8 Å². The highest BCUT2D eigenvalue weighted by atomic mass is 32.2. The monoisotopic (exact) mass is 393 g/mol. The van der Waals surface area contributed by atoms with Crippen LogP contribution >= 0.6 is 0 Å². The first-order chi connectivity index (χ1) is 12.0. The zero-order valence-corrected chi connectivity index (χ0v) is 14.6. The average molecular weight is 393 g/mol. The third-order valence-electron chi connectivity index (χ3n) is 3.39. The minimum absolute atomic E-state index is 0.0273. The highest BCUT2D eigenvalue weighted by molar-refractivity contribution is 7.89. The molecule has 0 spiro atoms. The van der Waals surface area contributed by atoms with Crippen molar-refractivity contribution in [1.29, 1.82) is 0 Å². The van der Waals surface area contributed by atoms with Gasteiger partial charge in [-0.2, -0.15) is 4.31 Å². The van der Waals surface area contributed by atoms with E-state index in [9.17, 15) is 26.0 Å². The molecule has 0 atom stereocenters. The van der Waals surface area contributed by atoms with Crippen LogP contribution < -0.4 is 9.47 Å². The summed E-state index contributed by atoms with van der Waals surface area (Å²) in [6.07, 6.45) is -4.87. The molecule has 0 fully saturated rings. The molecule has 5 nitrogen and oxygen atoms in total. The van der Waals surface area contributed by atoms with E-state index in [4.69, 9.17) is 4.74 Å². The largest absolute Gasteiger partial charge is 0.573 e. The molecule has 0 bridgehead atoms. The van der Waals surface area contributed by atoms with Crippen LogP contribution in [-0.2, 0) is 16.6 Å². The van der Waals surface area contributed by atoms with Crippen LogP contribution in [0.4, 0.5) is 17.6 Å². The molecule has 10 heteroatoms. The van der Waals surface area contributed by atoms with Crippen molar-refractivity contribution in [3.05, 3.63) is 53.8 Å². The van der Waals surface area contributed by atoms with E-state index in [-0.39, 0.29) is 17.2 Å². The van der Waals surface area contributed by atoms with Crippen LogP contribution in [0.25, 0.3) is 0 Å². The SMILES string of the molecule is COc1ccc(CN(C)S(=O)(=O)c2ccc(OC(F)(F)F)cc2)cc1F. The summed E-state index contributed by atoms with van der Waals surface area (Å²) in [7, 11) is -1.40. The third kappa shape index (κ3) is 4.85. The lowest BCUT2D eigenvalue weighted by Crippen LogP contribution is -2.26. The summed E-state index contributed by atoms with van der Waals surface area (Å²) in [5.74, 6) is -1.14. The summed E-state index contributed by atoms with van der Waals surface area (Å²) in [6, 6.07) is 7.83. The first-order valence-corrected chi connectivity index (χ1v) is 8.61. The van der Waals surface area contributed by atoms with Crippen LogP contribution in [0.2, 0.25) is 0 Å². The number of hydrogen-bond acceptors (Lipinski definition) is 4. The van der Waals surface area contributed by atoms with Gasteiger partial charge < -0.3 is 9.47 Å². The summed E-state index contributed by atoms with van der Waals surface area (Å²) in [6.45, 7) is -0.135. The highest BCUT2D eigenvalue weighted by Gasteiger charge is 2.31. The molecule has 0 saturated heterocycles. The first-order valence-electron chi connectivity index (χ1n) is 7.17. The fraction of sp³-hybridized carbons (Fsp3) is 0.250. The molecule has 0 N–H and O–H groups in total. The quantitative estimate of drug-likeness (QED) is 0.705. The third-order valence-corrected chi connectivity index (χ3v) is 5.20. The predicted molar refractivity (Wildman–Crippen MR) is 84.7 cm³/mol. The molecule has 0 heterocycles. The van der Waals surface area contributed by atoms with Gasteiger partial charge in [0.15, 0.2) is 11.6 Å². The molecule has 2 aromatic rings. The summed E-state index contributed by atoms with van der Waals surface area (Å²) in [5, 5.41) is 0. The predicted octanol–water partition coefficient (Wildman–Crippen LogP) is 3.55. The second-order valence-corrected chi connectivity index (χ2v) is 7.29. The van der Waals surface area contributed by atoms with E-state index in [1.165, 1.54) is 26.3 Å². The van der Waals surface area contributed by atoms with Gasteiger partial charge in [-0.1, -0.05) is 6.07 Å². The van der Waals surface area contributed by atoms with Gasteiger partial charge in [0, 0.05) is 13.6 Å². The zero-order valence-electron chi connectivity index (χ0n) is 13.7. The van der Waals surface area contributed by atoms with Gasteiger partial charge in [-0.15, -0.1) is 13.2 Å². The van der Waals surface area contributed by atoms with Gasteiger partial charge in [0.1, 0.15) is 5.75 Å². The van der Waals surface area contributed by atoms with Crippen molar-refractivity contribution in [1.82, 2.24) is 4.31 Å². The maximum absolute atomic E-state index is 13.7. The Morgan fingerprint density at radius 1 is 1.08 bits per heavy atom. The Morgan fingerprint density at radius 3 is 2.19 bits per heavy atom. The zero-order chi connectivity index (χ0) is 19.5. The van der Waals surface area contributed by atoms with Gasteiger partial charge in [-0.25, -0.2) is 12.8 Å². The van der Waals surface area contributed by atoms with Crippen LogP contribution in [0.15, 0.2) is 47.4 Å². The average Bonchev–Trinajstić information content (AvgIpc) is 2.54. The van der Waals surface area contributed by atoms with Gasteiger partial charge in [-0.3, -0.25) is 0 Å². The number of nitrogens with zero attached hydrogens (tertiary/aromatic N) is 1. The lowest BCUT2D eigenvalue weighted by molar-refractivity contribution is -0.274. The van der Waals surface area contributed by atoms with E-state index < -0.39 is 28.0 Å². The Balaban J connectivity index is 2.17. The molecule has 0 saturated carbocycles. The molecule has 0 aliphatic heterocycles. The number of halogens is 4. The molecule has 2 rings (SSSR count). The summed E-state index contributed by atoms with van der Waals surface area (Å²) >= 11 is 0. The smallest absolute Gasteiger partial charge is 0.494 e. The van der Waals surface area contributed by atoms with Crippen LogP contribution in [0.3, 0.4) is 0 Å². The van der Waals surface area contributed by atoms with Crippen molar-refractivity contribution in [3.63, 3.8) is 0 Å². The van der Waals surface area contributed by atoms with Crippen LogP contribution in [0, 0.1) is 5.82 Å². The van der Waals surface area contributed by atoms with E-state index in [0.717, 1.165) is 34.6 Å². The Morgan fingerprint density at radius 2 is 1.69 bits per heavy atom. The molecule has 142 valence electrons. The van der Waals surface area contributed by atoms with Gasteiger partial charge in [-0.05, 0) is 42.0 Å². The van der Waals surface area contributed by atoms with Crippen molar-refractivity contribution in [3.8, 4) is 11.5 Å². The molecular formula is C16H15F4NO4S. The number of sulfonamides is 1. The molecular weight excluding hydrogens is 378 g/mol. The minimum Gasteiger partial charge on any atom is -0.494 e. The number of benzene rings is 2. The van der Waals surface area contributed by atoms with Crippen LogP contribution in [0.5, 0.6) is 11.5 Å². The second-order valence-electron chi connectivity index (χ2n) is 5.25. The Bertz CT molecular complexity index is 867. The van der Waals surface area contributed by atoms with Gasteiger partial charge >= 0.3 is 6.36 Å². The number of hydrogen-bond donors (Lipinski definition) is 0. The summed E-state index contributed by atoms with van der Waals surface area (Å²) in [5.41, 5.74) is 0.381. The molecule has 0 aromatic heterocycles. The van der Waals surface area contributed by atoms with Gasteiger partial charge in [0.05, 0.1) is 12.0 Å². The number of rotatable bonds is 6. The lowest BCUT2D eigenvalue weighted by atomic mass is 10.2. The molecule has 0 aliphatic rings. The second kappa shape index (κ2) is 7.50. The number of ether oxygens (including phenoxy) is 2. The van der Waals surface area contributed by atoms with Crippen molar-refractivity contribution in [2.45, 2.75) is 17.8 Å². The number of alkyl halides is 3. The summed E-state index contributed by atoms with van der Waals surface area (Å²) in [4.78, 5) is -0.219. The van der Waals surface area contributed by atoms with Crippen molar-refractivity contribution in [2.24, 2.45) is 0 Å². The molecule has 0 radical (unpaired) electrons. The minimum atomic E-state index is -4.87. The Kier molecular flexibility index (Phi) is 5.77. The van der Waals surface area contributed by atoms with E-state index in [1.54, 1.807) is 0 Å². The fourth-order valence-electron chi connectivity index (χ4n) is 2.14. The van der Waals surface area contributed by atoms with Crippen LogP contribution in [0.1, 0.15) is 5.56 Å². The van der Waals surface area contributed by atoms with Crippen molar-refractivity contribution < 1.29 is 35.5 Å². The lowest BCUT2D eigenvalue weighted by Gasteiger charge is -2.18. The highest BCUT2D eigenvalue weighted by Crippen LogP contribution is 2.25. The molecule has 0 amide bonds. The van der Waals surface area contributed by atoms with E-state index in [0.29, 0.717) is 5.56 Å². The van der Waals surface area contributed by atoms with Crippen molar-refractivity contribution in [2.75, 3.05) is 14.2 Å². The van der Waals surface area contributed by atoms with Gasteiger partial charge in [0.2, 0.25) is 10.0 Å². The maximum atomic E-state index is 13.7. The van der Waals surface area contributed by atoms with E-state index in [2.05, 4.69) is 4.74 Å². The molecule has 0 unspecified atom stereocenters. The van der Waals surface area contributed by atoms with E-state index >= 15 is 0 Å². The fourth-order valence-corrected chi connectivity index (χ4v) is 3.30. The van der Waals surface area contributed by atoms with Gasteiger partial charge in [0.25, 0.3) is 0 Å². The Labute approximate surface area is 147 Å². The molecule has 2 aromatic carbocycles. The summed E-state index contributed by atoms with van der Waals surface area (Å²) < 4.78 is 84.5. The van der Waals surface area contributed by atoms with Crippen molar-refractivity contribution >= 4 is 10.0 Å². The molecule has 26 heavy (non-hydrogen) atoms. The normalized spacial score (nSPS) is 12.3. The standard InChI is InChI=1S/C16H15F4NO4S/c1-21(10-11-3-8-15(24-2)14(17)9-11)26(22,23)13-6-4-12(5-7-13)25-16(18,19)20/h3-9H,10H2,1-2H3. The molecule has 0 aliphatic carbocycles. The van der Waals surface area contributed by atoms with E-state index in [1.807, 2.05) is 0 Å². The maximum Gasteiger partial charge on any atom is 0.573 e.